The van der Waals surface area contributed by atoms with E-state index in [1.807, 2.05) is 12.1 Å². The highest BCUT2D eigenvalue weighted by Crippen LogP contribution is 2.30. The normalized spacial score (nSPS) is 10.4. The van der Waals surface area contributed by atoms with Gasteiger partial charge in [0.05, 0.1) is 23.9 Å². The molecule has 0 bridgehead atoms. The molecule has 0 spiro atoms. The molecule has 20 heavy (non-hydrogen) atoms. The van der Waals surface area contributed by atoms with Crippen LogP contribution in [0.2, 0.25) is 0 Å². The number of benzene rings is 1. The summed E-state index contributed by atoms with van der Waals surface area (Å²) in [6.45, 7) is 0. The summed E-state index contributed by atoms with van der Waals surface area (Å²) in [7, 11) is 1.60. The maximum absolute atomic E-state index is 10.6. The van der Waals surface area contributed by atoms with E-state index in [1.54, 1.807) is 31.6 Å². The number of H-pyrrole nitrogens is 1. The number of ether oxygens (including phenoxy) is 1. The number of aromatic nitrogens is 3. The third kappa shape index (κ3) is 1.97. The fraction of sp³-hybridized carbons (Fsp3) is 0.0714. The first-order valence-electron chi connectivity index (χ1n) is 6.01. The molecule has 0 aliphatic rings. The number of carbonyl (C=O) groups is 1. The minimum Gasteiger partial charge on any atom is -0.496 e. The van der Waals surface area contributed by atoms with Gasteiger partial charge < -0.3 is 15.0 Å². The summed E-state index contributed by atoms with van der Waals surface area (Å²) in [5.41, 5.74) is 2.95. The number of carbonyl (C=O) groups excluding carboxylic acids is 1. The minimum atomic E-state index is 0.633. The molecule has 1 aromatic carbocycles. The standard InChI is InChI=1S/C14H12N4O2/c1-20-12-5-6-15-7-9(12)14-17-11-4-2-3-10(16-8-19)13(11)18-14/h2-8H,1H3,(H,16,19)(H,17,18). The molecule has 0 aliphatic carbocycles. The number of nitrogens with one attached hydrogen (secondary N) is 2. The first-order chi connectivity index (χ1) is 9.83. The lowest BCUT2D eigenvalue weighted by molar-refractivity contribution is -0.105. The zero-order chi connectivity index (χ0) is 13.9. The van der Waals surface area contributed by atoms with E-state index in [9.17, 15) is 4.79 Å². The van der Waals surface area contributed by atoms with Crippen molar-refractivity contribution in [3.63, 3.8) is 0 Å². The molecule has 100 valence electrons. The smallest absolute Gasteiger partial charge is 0.211 e. The summed E-state index contributed by atoms with van der Waals surface area (Å²) in [5.74, 6) is 1.33. The number of imidazole rings is 1. The van der Waals surface area contributed by atoms with E-state index < -0.39 is 0 Å². The number of fused-ring (bicyclic) bond motifs is 1. The Morgan fingerprint density at radius 1 is 1.35 bits per heavy atom. The average Bonchev–Trinajstić information content (AvgIpc) is 2.92. The molecule has 0 aliphatic heterocycles. The van der Waals surface area contributed by atoms with Gasteiger partial charge in [-0.1, -0.05) is 6.07 Å². The molecule has 0 radical (unpaired) electrons. The Bertz CT molecular complexity index is 767. The molecular weight excluding hydrogens is 256 g/mol. The monoisotopic (exact) mass is 268 g/mol. The number of rotatable bonds is 4. The molecule has 0 atom stereocenters. The zero-order valence-corrected chi connectivity index (χ0v) is 10.8. The molecule has 0 unspecified atom stereocenters. The predicted molar refractivity (Wildman–Crippen MR) is 75.6 cm³/mol. The number of hydrogen-bond acceptors (Lipinski definition) is 4. The SMILES string of the molecule is COc1ccncc1-c1nc2c(NC=O)cccc2[nH]1. The number of aromatic amines is 1. The predicted octanol–water partition coefficient (Wildman–Crippen LogP) is 2.20. The zero-order valence-electron chi connectivity index (χ0n) is 10.8. The summed E-state index contributed by atoms with van der Waals surface area (Å²) in [5, 5.41) is 2.63. The van der Waals surface area contributed by atoms with E-state index in [4.69, 9.17) is 4.74 Å². The second kappa shape index (κ2) is 5.00. The number of pyridine rings is 1. The first-order valence-corrected chi connectivity index (χ1v) is 6.01. The number of anilines is 1. The molecule has 0 saturated carbocycles. The van der Waals surface area contributed by atoms with Crippen LogP contribution in [-0.4, -0.2) is 28.5 Å². The second-order valence-electron chi connectivity index (χ2n) is 4.13. The van der Waals surface area contributed by atoms with Gasteiger partial charge in [0.1, 0.15) is 17.1 Å². The van der Waals surface area contributed by atoms with Gasteiger partial charge in [0.25, 0.3) is 0 Å². The summed E-state index contributed by atoms with van der Waals surface area (Å²) in [6, 6.07) is 7.30. The summed E-state index contributed by atoms with van der Waals surface area (Å²) < 4.78 is 5.30. The van der Waals surface area contributed by atoms with Crippen molar-refractivity contribution in [1.29, 1.82) is 0 Å². The maximum atomic E-state index is 10.6. The van der Waals surface area contributed by atoms with Gasteiger partial charge in [0.15, 0.2) is 0 Å². The number of para-hydroxylation sites is 1. The van der Waals surface area contributed by atoms with Crippen molar-refractivity contribution in [2.75, 3.05) is 12.4 Å². The quantitative estimate of drug-likeness (QED) is 0.711. The number of methoxy groups -OCH3 is 1. The first kappa shape index (κ1) is 12.2. The Balaban J connectivity index is 2.18. The van der Waals surface area contributed by atoms with E-state index in [1.165, 1.54) is 0 Å². The van der Waals surface area contributed by atoms with Gasteiger partial charge in [-0.2, -0.15) is 0 Å². The van der Waals surface area contributed by atoms with Gasteiger partial charge in [-0.25, -0.2) is 4.98 Å². The number of hydrogen-bond donors (Lipinski definition) is 2. The van der Waals surface area contributed by atoms with E-state index >= 15 is 0 Å². The Morgan fingerprint density at radius 3 is 3.05 bits per heavy atom. The Hall–Kier alpha value is -2.89. The Morgan fingerprint density at radius 2 is 2.25 bits per heavy atom. The minimum absolute atomic E-state index is 0.633. The van der Waals surface area contributed by atoms with Crippen molar-refractivity contribution in [2.24, 2.45) is 0 Å². The average molecular weight is 268 g/mol. The maximum Gasteiger partial charge on any atom is 0.211 e. The van der Waals surface area contributed by atoms with Gasteiger partial charge in [-0.15, -0.1) is 0 Å². The molecular formula is C14H12N4O2. The highest BCUT2D eigenvalue weighted by atomic mass is 16.5. The highest BCUT2D eigenvalue weighted by molar-refractivity contribution is 5.94. The fourth-order valence-electron chi connectivity index (χ4n) is 2.08. The fourth-order valence-corrected chi connectivity index (χ4v) is 2.08. The van der Waals surface area contributed by atoms with Gasteiger partial charge in [0.2, 0.25) is 6.41 Å². The van der Waals surface area contributed by atoms with Crippen LogP contribution in [0.5, 0.6) is 5.75 Å². The Labute approximate surface area is 114 Å². The third-order valence-electron chi connectivity index (χ3n) is 2.98. The van der Waals surface area contributed by atoms with E-state index in [2.05, 4.69) is 20.3 Å². The van der Waals surface area contributed by atoms with E-state index in [-0.39, 0.29) is 0 Å². The lowest BCUT2D eigenvalue weighted by atomic mass is 10.2. The van der Waals surface area contributed by atoms with Gasteiger partial charge >= 0.3 is 0 Å². The van der Waals surface area contributed by atoms with Crippen LogP contribution >= 0.6 is 0 Å². The molecule has 2 heterocycles. The molecule has 0 fully saturated rings. The second-order valence-corrected chi connectivity index (χ2v) is 4.13. The molecule has 6 heteroatoms. The van der Waals surface area contributed by atoms with Crippen LogP contribution < -0.4 is 10.1 Å². The number of amides is 1. The van der Waals surface area contributed by atoms with Crippen LogP contribution in [-0.2, 0) is 4.79 Å². The van der Waals surface area contributed by atoms with Crippen LogP contribution in [0.4, 0.5) is 5.69 Å². The molecule has 3 aromatic rings. The van der Waals surface area contributed by atoms with Gasteiger partial charge in [0, 0.05) is 12.4 Å². The molecule has 3 rings (SSSR count). The van der Waals surface area contributed by atoms with Crippen molar-refractivity contribution in [1.82, 2.24) is 15.0 Å². The van der Waals surface area contributed by atoms with Crippen molar-refractivity contribution >= 4 is 23.1 Å². The molecule has 2 aromatic heterocycles. The van der Waals surface area contributed by atoms with Crippen molar-refractivity contribution in [3.05, 3.63) is 36.7 Å². The molecule has 1 amide bonds. The number of nitrogens with zero attached hydrogens (tertiary/aromatic N) is 2. The third-order valence-corrected chi connectivity index (χ3v) is 2.98. The van der Waals surface area contributed by atoms with Gasteiger partial charge in [-0.05, 0) is 18.2 Å². The van der Waals surface area contributed by atoms with Crippen LogP contribution in [0, 0.1) is 0 Å². The summed E-state index contributed by atoms with van der Waals surface area (Å²) in [6.07, 6.45) is 3.97. The molecule has 6 nitrogen and oxygen atoms in total. The molecule has 0 saturated heterocycles. The topological polar surface area (TPSA) is 79.9 Å². The van der Waals surface area contributed by atoms with E-state index in [0.717, 1.165) is 11.1 Å². The van der Waals surface area contributed by atoms with Crippen LogP contribution in [0.3, 0.4) is 0 Å². The van der Waals surface area contributed by atoms with Crippen molar-refractivity contribution in [3.8, 4) is 17.1 Å². The van der Waals surface area contributed by atoms with Gasteiger partial charge in [-0.3, -0.25) is 9.78 Å². The lowest BCUT2D eigenvalue weighted by Gasteiger charge is -2.03. The Kier molecular flexibility index (Phi) is 3.04. The lowest BCUT2D eigenvalue weighted by Crippen LogP contribution is -1.94. The van der Waals surface area contributed by atoms with Crippen LogP contribution in [0.1, 0.15) is 0 Å². The van der Waals surface area contributed by atoms with Crippen LogP contribution in [0.15, 0.2) is 36.7 Å². The molecule has 2 N–H and O–H groups in total. The van der Waals surface area contributed by atoms with Crippen molar-refractivity contribution in [2.45, 2.75) is 0 Å². The summed E-state index contributed by atoms with van der Waals surface area (Å²) in [4.78, 5) is 22.4. The summed E-state index contributed by atoms with van der Waals surface area (Å²) >= 11 is 0. The van der Waals surface area contributed by atoms with Crippen LogP contribution in [0.25, 0.3) is 22.4 Å². The highest BCUT2D eigenvalue weighted by Gasteiger charge is 2.12. The van der Waals surface area contributed by atoms with E-state index in [0.29, 0.717) is 29.2 Å². The van der Waals surface area contributed by atoms with Crippen molar-refractivity contribution < 1.29 is 9.53 Å². The largest absolute Gasteiger partial charge is 0.496 e.